The van der Waals surface area contributed by atoms with Gasteiger partial charge in [-0.1, -0.05) is 65.7 Å². The number of carbonyl (C=O) groups is 2. The number of anilines is 1. The number of nitrogens with one attached hydrogen (secondary N) is 2. The zero-order valence-corrected chi connectivity index (χ0v) is 25.0. The van der Waals surface area contributed by atoms with Crippen LogP contribution in [0.25, 0.3) is 10.9 Å². The third-order valence-electron chi connectivity index (χ3n) is 6.19. The highest BCUT2D eigenvalue weighted by Crippen LogP contribution is 2.23. The summed E-state index contributed by atoms with van der Waals surface area (Å²) in [5.74, 6) is -0.862. The van der Waals surface area contributed by atoms with Crippen LogP contribution in [0.2, 0.25) is 0 Å². The van der Waals surface area contributed by atoms with E-state index in [1.807, 2.05) is 117 Å². The van der Waals surface area contributed by atoms with Gasteiger partial charge in [0, 0.05) is 48.9 Å². The minimum absolute atomic E-state index is 0.0763. The number of cyclic esters (lactones) is 2. The Morgan fingerprint density at radius 3 is 1.82 bits per heavy atom. The van der Waals surface area contributed by atoms with Gasteiger partial charge in [0.2, 0.25) is 0 Å². The lowest BCUT2D eigenvalue weighted by Gasteiger charge is -2.29. The number of aromatic amines is 1. The molecule has 1 aromatic heterocycles. The van der Waals surface area contributed by atoms with Crippen molar-refractivity contribution in [3.63, 3.8) is 0 Å². The van der Waals surface area contributed by atoms with Crippen molar-refractivity contribution in [3.8, 4) is 11.5 Å². The maximum absolute atomic E-state index is 11.7. The molecule has 4 aromatic carbocycles. The molecule has 0 spiro atoms. The Labute approximate surface area is 255 Å². The maximum Gasteiger partial charge on any atom is 0.350 e. The van der Waals surface area contributed by atoms with Crippen molar-refractivity contribution in [2.45, 2.75) is 33.5 Å². The van der Waals surface area contributed by atoms with Crippen LogP contribution >= 0.6 is 0 Å². The smallest absolute Gasteiger partial charge is 0.350 e. The summed E-state index contributed by atoms with van der Waals surface area (Å²) in [5, 5.41) is 3.63. The fraction of sp³-hybridized carbons (Fsp3) is 0.139. The molecule has 8 nitrogen and oxygen atoms in total. The second kappa shape index (κ2) is 14.5. The Morgan fingerprint density at radius 2 is 1.25 bits per heavy atom. The summed E-state index contributed by atoms with van der Waals surface area (Å²) in [6.45, 7) is 6.96. The molecule has 1 aliphatic rings. The second-order valence-corrected chi connectivity index (χ2v) is 10.4. The van der Waals surface area contributed by atoms with Gasteiger partial charge in [-0.3, -0.25) is 4.79 Å². The number of hydrogen-bond donors (Lipinski definition) is 2. The van der Waals surface area contributed by atoms with Crippen LogP contribution in [-0.4, -0.2) is 22.7 Å². The molecule has 0 aliphatic carbocycles. The van der Waals surface area contributed by atoms with Crippen molar-refractivity contribution < 1.29 is 23.8 Å². The molecule has 0 amide bonds. The van der Waals surface area contributed by atoms with Crippen molar-refractivity contribution >= 4 is 28.5 Å². The van der Waals surface area contributed by atoms with E-state index in [1.165, 1.54) is 20.0 Å². The van der Waals surface area contributed by atoms with Crippen LogP contribution in [-0.2, 0) is 19.1 Å². The van der Waals surface area contributed by atoms with E-state index in [9.17, 15) is 14.4 Å². The van der Waals surface area contributed by atoms with Crippen LogP contribution in [0.1, 0.15) is 25.0 Å². The number of aryl methyl sites for hydroxylation is 2. The average Bonchev–Trinajstić information content (AvgIpc) is 2.99. The van der Waals surface area contributed by atoms with E-state index >= 15 is 0 Å². The van der Waals surface area contributed by atoms with Gasteiger partial charge in [-0.05, 0) is 62.4 Å². The van der Waals surface area contributed by atoms with E-state index in [0.29, 0.717) is 0 Å². The fourth-order valence-electron chi connectivity index (χ4n) is 3.98. The average molecular weight is 591 g/mol. The Kier molecular flexibility index (Phi) is 10.3. The normalized spacial score (nSPS) is 13.2. The van der Waals surface area contributed by atoms with Gasteiger partial charge in [0.25, 0.3) is 5.79 Å². The molecule has 1 aliphatic heterocycles. The first kappa shape index (κ1) is 31.3. The van der Waals surface area contributed by atoms with Crippen LogP contribution < -0.4 is 15.5 Å². The third-order valence-corrected chi connectivity index (χ3v) is 6.19. The highest BCUT2D eigenvalue weighted by molar-refractivity contribution is 6.15. The van der Waals surface area contributed by atoms with E-state index in [2.05, 4.69) is 10.3 Å². The van der Waals surface area contributed by atoms with Crippen LogP contribution in [0.3, 0.4) is 0 Å². The van der Waals surface area contributed by atoms with Crippen molar-refractivity contribution in [1.82, 2.24) is 4.98 Å². The van der Waals surface area contributed by atoms with Gasteiger partial charge in [0.15, 0.2) is 11.0 Å². The lowest BCUT2D eigenvalue weighted by Crippen LogP contribution is -2.42. The van der Waals surface area contributed by atoms with Gasteiger partial charge in [-0.2, -0.15) is 0 Å². The van der Waals surface area contributed by atoms with Crippen LogP contribution in [0.5, 0.6) is 11.5 Å². The highest BCUT2D eigenvalue weighted by atomic mass is 16.7. The summed E-state index contributed by atoms with van der Waals surface area (Å²) >= 11 is 0. The molecular weight excluding hydrogens is 556 g/mol. The molecule has 1 fully saturated rings. The number of para-hydroxylation sites is 2. The Morgan fingerprint density at radius 1 is 0.705 bits per heavy atom. The van der Waals surface area contributed by atoms with Crippen LogP contribution in [0.15, 0.2) is 132 Å². The van der Waals surface area contributed by atoms with Crippen molar-refractivity contribution in [2.24, 2.45) is 0 Å². The molecule has 8 heteroatoms. The first-order valence-electron chi connectivity index (χ1n) is 14.0. The molecule has 0 unspecified atom stereocenters. The topological polar surface area (TPSA) is 107 Å². The summed E-state index contributed by atoms with van der Waals surface area (Å²) in [4.78, 5) is 37.7. The van der Waals surface area contributed by atoms with Gasteiger partial charge in [-0.15, -0.1) is 0 Å². The molecule has 0 bridgehead atoms. The lowest BCUT2D eigenvalue weighted by atomic mass is 10.1. The first-order chi connectivity index (χ1) is 21.1. The zero-order chi connectivity index (χ0) is 31.5. The first-order valence-corrected chi connectivity index (χ1v) is 14.0. The number of pyridine rings is 1. The largest absolute Gasteiger partial charge is 0.457 e. The zero-order valence-electron chi connectivity index (χ0n) is 25.0. The molecule has 0 saturated carbocycles. The Balaban J connectivity index is 0.000000156. The number of hydrogen-bond acceptors (Lipinski definition) is 7. The fourth-order valence-corrected chi connectivity index (χ4v) is 3.98. The molecule has 0 atom stereocenters. The van der Waals surface area contributed by atoms with Crippen molar-refractivity contribution in [1.29, 1.82) is 0 Å². The molecule has 224 valence electrons. The van der Waals surface area contributed by atoms with E-state index in [1.54, 1.807) is 12.3 Å². The minimum Gasteiger partial charge on any atom is -0.457 e. The van der Waals surface area contributed by atoms with E-state index < -0.39 is 17.7 Å². The Bertz CT molecular complexity index is 1730. The molecule has 2 N–H and O–H groups in total. The van der Waals surface area contributed by atoms with Gasteiger partial charge < -0.3 is 24.5 Å². The van der Waals surface area contributed by atoms with E-state index in [4.69, 9.17) is 14.2 Å². The SMILES string of the molecule is Cc1ccc(NC=C2C(=O)OC(C)(C)OC2=O)cc1.Cc1ccc2[nH]ccc(=O)c2c1.c1ccc(Oc2ccccc2)cc1. The molecule has 0 radical (unpaired) electrons. The number of benzene rings is 4. The van der Waals surface area contributed by atoms with E-state index in [-0.39, 0.29) is 11.0 Å². The quantitative estimate of drug-likeness (QED) is 0.127. The number of esters is 2. The summed E-state index contributed by atoms with van der Waals surface area (Å²) in [5.41, 5.74) is 3.82. The number of rotatable bonds is 4. The van der Waals surface area contributed by atoms with Gasteiger partial charge >= 0.3 is 11.9 Å². The number of H-pyrrole nitrogens is 1. The Hall–Kier alpha value is -5.63. The van der Waals surface area contributed by atoms with Crippen LogP contribution in [0.4, 0.5) is 5.69 Å². The van der Waals surface area contributed by atoms with Gasteiger partial charge in [0.1, 0.15) is 11.5 Å². The maximum atomic E-state index is 11.7. The predicted octanol–water partition coefficient (Wildman–Crippen LogP) is 7.44. The van der Waals surface area contributed by atoms with E-state index in [0.717, 1.165) is 39.2 Å². The molecule has 44 heavy (non-hydrogen) atoms. The second-order valence-electron chi connectivity index (χ2n) is 10.4. The minimum atomic E-state index is -1.21. The molecule has 6 rings (SSSR count). The monoisotopic (exact) mass is 590 g/mol. The number of ether oxygens (including phenoxy) is 3. The van der Waals surface area contributed by atoms with Crippen molar-refractivity contribution in [3.05, 3.63) is 149 Å². The summed E-state index contributed by atoms with van der Waals surface area (Å²) in [6.07, 6.45) is 2.96. The number of carbonyl (C=O) groups excluding carboxylic acids is 2. The highest BCUT2D eigenvalue weighted by Gasteiger charge is 2.38. The predicted molar refractivity (Wildman–Crippen MR) is 171 cm³/mol. The van der Waals surface area contributed by atoms with Crippen LogP contribution in [0, 0.1) is 13.8 Å². The third kappa shape index (κ3) is 9.19. The number of aromatic nitrogens is 1. The summed E-state index contributed by atoms with van der Waals surface area (Å²) in [7, 11) is 0. The molecular formula is C36H34N2O6. The van der Waals surface area contributed by atoms with Gasteiger partial charge in [0.05, 0.1) is 0 Å². The number of fused-ring (bicyclic) bond motifs is 1. The summed E-state index contributed by atoms with van der Waals surface area (Å²) in [6, 6.07) is 34.4. The van der Waals surface area contributed by atoms with Crippen molar-refractivity contribution in [2.75, 3.05) is 5.32 Å². The summed E-state index contributed by atoms with van der Waals surface area (Å²) < 4.78 is 15.5. The standard InChI is InChI=1S/C14H15NO4.C12H10O.C10H9NO/c1-9-4-6-10(7-5-9)15-8-11-12(16)18-14(2,3)19-13(11)17;1-3-7-11(8-4-1)13-12-9-5-2-6-10-12;1-7-2-3-9-8(6-7)10(12)4-5-11-9/h4-8,15H,1-3H3;1-10H;2-6H,1H3,(H,11,12). The molecule has 1 saturated heterocycles. The van der Waals surface area contributed by atoms with Gasteiger partial charge in [-0.25, -0.2) is 9.59 Å². The molecule has 2 heterocycles. The lowest BCUT2D eigenvalue weighted by molar-refractivity contribution is -0.222. The molecule has 5 aromatic rings.